The van der Waals surface area contributed by atoms with E-state index in [0.29, 0.717) is 19.4 Å². The molecule has 1 heterocycles. The number of benzene rings is 2. The Labute approximate surface area is 231 Å². The average Bonchev–Trinajstić information content (AvgIpc) is 3.34. The first-order valence-electron chi connectivity index (χ1n) is 13.1. The van der Waals surface area contributed by atoms with Gasteiger partial charge in [-0.05, 0) is 61.6 Å². The molecule has 40 heavy (non-hydrogen) atoms. The van der Waals surface area contributed by atoms with Gasteiger partial charge in [0.25, 0.3) is 0 Å². The van der Waals surface area contributed by atoms with Gasteiger partial charge in [-0.15, -0.1) is 0 Å². The molecular weight excluding hydrogens is 516 g/mol. The average molecular weight is 553 g/mol. The number of unbranched alkanes of at least 4 members (excludes halogenated alkanes) is 1. The number of hydrogen-bond donors (Lipinski definition) is 8. The molecule has 3 atom stereocenters. The number of carbonyl (C=O) groups excluding carboxylic acids is 3. The molecule has 10 N–H and O–H groups in total. The number of aromatic amines is 1. The van der Waals surface area contributed by atoms with E-state index in [2.05, 4.69) is 20.9 Å². The quantitative estimate of drug-likeness (QED) is 0.122. The second-order valence-corrected chi connectivity index (χ2v) is 9.56. The van der Waals surface area contributed by atoms with E-state index in [1.807, 2.05) is 24.3 Å². The molecule has 0 aliphatic carbocycles. The zero-order chi connectivity index (χ0) is 29.1. The molecule has 12 heteroatoms. The highest BCUT2D eigenvalue weighted by atomic mass is 16.4. The van der Waals surface area contributed by atoms with Crippen LogP contribution in [0.4, 0.5) is 0 Å². The zero-order valence-corrected chi connectivity index (χ0v) is 22.1. The minimum absolute atomic E-state index is 0.0883. The van der Waals surface area contributed by atoms with Crippen LogP contribution in [0.3, 0.4) is 0 Å². The lowest BCUT2D eigenvalue weighted by Crippen LogP contribution is -2.56. The number of aliphatic carboxylic acids is 1. The van der Waals surface area contributed by atoms with Crippen LogP contribution in [0.15, 0.2) is 54.7 Å². The van der Waals surface area contributed by atoms with Crippen molar-refractivity contribution in [2.75, 3.05) is 13.1 Å². The van der Waals surface area contributed by atoms with Crippen LogP contribution in [0, 0.1) is 0 Å². The van der Waals surface area contributed by atoms with E-state index >= 15 is 0 Å². The summed E-state index contributed by atoms with van der Waals surface area (Å²) in [5, 5.41) is 27.1. The number of phenolic OH excluding ortho intramolecular Hbond substituents is 1. The van der Waals surface area contributed by atoms with E-state index < -0.39 is 48.4 Å². The summed E-state index contributed by atoms with van der Waals surface area (Å²) in [7, 11) is 0. The Morgan fingerprint density at radius 1 is 0.875 bits per heavy atom. The third-order valence-corrected chi connectivity index (χ3v) is 6.45. The summed E-state index contributed by atoms with van der Waals surface area (Å²) in [4.78, 5) is 53.4. The van der Waals surface area contributed by atoms with Crippen LogP contribution >= 0.6 is 0 Å². The van der Waals surface area contributed by atoms with Crippen LogP contribution in [0.1, 0.15) is 30.4 Å². The number of carboxylic acids is 1. The lowest BCUT2D eigenvalue weighted by molar-refractivity contribution is -0.138. The minimum atomic E-state index is -1.22. The standard InChI is InChI=1S/C28H36N6O6/c29-12-4-3-7-23(33-26(38)21(30)13-17-8-10-19(35)11-9-17)28(40)34-24(27(39)32-16-25(36)37)14-18-15-31-22-6-2-1-5-20(18)22/h1-2,5-6,8-11,15,21,23-24,31,35H,3-4,7,12-14,16,29-30H2,(H,32,39)(H,33,38)(H,34,40)(H,36,37). The number of phenols is 1. The highest BCUT2D eigenvalue weighted by molar-refractivity contribution is 5.94. The molecule has 0 spiro atoms. The van der Waals surface area contributed by atoms with Crippen LogP contribution in [0.2, 0.25) is 0 Å². The van der Waals surface area contributed by atoms with Crippen molar-refractivity contribution in [3.05, 3.63) is 65.9 Å². The van der Waals surface area contributed by atoms with Crippen molar-refractivity contribution in [2.45, 2.75) is 50.2 Å². The number of carbonyl (C=O) groups is 4. The van der Waals surface area contributed by atoms with Gasteiger partial charge in [0, 0.05) is 23.5 Å². The Bertz CT molecular complexity index is 1310. The van der Waals surface area contributed by atoms with Gasteiger partial charge < -0.3 is 42.6 Å². The molecule has 3 amide bonds. The predicted octanol–water partition coefficient (Wildman–Crippen LogP) is 0.285. The number of nitrogens with two attached hydrogens (primary N) is 2. The van der Waals surface area contributed by atoms with Crippen molar-refractivity contribution in [3.63, 3.8) is 0 Å². The number of aromatic nitrogens is 1. The summed E-state index contributed by atoms with van der Waals surface area (Å²) in [5.41, 5.74) is 14.0. The van der Waals surface area contributed by atoms with Crippen molar-refractivity contribution in [1.29, 1.82) is 0 Å². The Balaban J connectivity index is 1.75. The van der Waals surface area contributed by atoms with Gasteiger partial charge in [0.2, 0.25) is 17.7 Å². The lowest BCUT2D eigenvalue weighted by atomic mass is 10.0. The number of rotatable bonds is 15. The van der Waals surface area contributed by atoms with E-state index in [0.717, 1.165) is 22.0 Å². The summed E-state index contributed by atoms with van der Waals surface area (Å²) < 4.78 is 0. The number of carboxylic acid groups (broad SMARTS) is 1. The van der Waals surface area contributed by atoms with Crippen molar-refractivity contribution in [3.8, 4) is 5.75 Å². The highest BCUT2D eigenvalue weighted by Crippen LogP contribution is 2.19. The third-order valence-electron chi connectivity index (χ3n) is 6.45. The van der Waals surface area contributed by atoms with Gasteiger partial charge in [-0.3, -0.25) is 19.2 Å². The molecule has 0 saturated carbocycles. The maximum absolute atomic E-state index is 13.4. The Morgan fingerprint density at radius 2 is 1.57 bits per heavy atom. The van der Waals surface area contributed by atoms with E-state index in [1.165, 1.54) is 12.1 Å². The fourth-order valence-electron chi connectivity index (χ4n) is 4.31. The number of para-hydroxylation sites is 1. The molecule has 12 nitrogen and oxygen atoms in total. The Hall–Kier alpha value is -4.42. The van der Waals surface area contributed by atoms with Crippen molar-refractivity contribution >= 4 is 34.6 Å². The minimum Gasteiger partial charge on any atom is -0.508 e. The van der Waals surface area contributed by atoms with Crippen LogP contribution in [0.5, 0.6) is 5.75 Å². The number of hydrogen-bond acceptors (Lipinski definition) is 7. The summed E-state index contributed by atoms with van der Waals surface area (Å²) in [6, 6.07) is 10.7. The van der Waals surface area contributed by atoms with Gasteiger partial charge in [-0.2, -0.15) is 0 Å². The number of amides is 3. The number of nitrogens with one attached hydrogen (secondary N) is 4. The first-order valence-corrected chi connectivity index (χ1v) is 13.1. The van der Waals surface area contributed by atoms with E-state index in [-0.39, 0.29) is 25.0 Å². The zero-order valence-electron chi connectivity index (χ0n) is 22.1. The first kappa shape index (κ1) is 30.1. The smallest absolute Gasteiger partial charge is 0.322 e. The molecule has 214 valence electrons. The van der Waals surface area contributed by atoms with Crippen LogP contribution in [-0.4, -0.2) is 70.1 Å². The molecule has 0 fully saturated rings. The lowest BCUT2D eigenvalue weighted by Gasteiger charge is -2.24. The fourth-order valence-corrected chi connectivity index (χ4v) is 4.31. The third kappa shape index (κ3) is 8.82. The molecule has 3 rings (SSSR count). The Morgan fingerprint density at radius 3 is 2.27 bits per heavy atom. The maximum Gasteiger partial charge on any atom is 0.322 e. The normalized spacial score (nSPS) is 13.2. The fraction of sp³-hybridized carbons (Fsp3) is 0.357. The van der Waals surface area contributed by atoms with Gasteiger partial charge >= 0.3 is 5.97 Å². The molecule has 3 aromatic rings. The topological polar surface area (TPSA) is 213 Å². The summed E-state index contributed by atoms with van der Waals surface area (Å²) in [6.07, 6.45) is 3.43. The monoisotopic (exact) mass is 552 g/mol. The van der Waals surface area contributed by atoms with Crippen molar-refractivity contribution in [1.82, 2.24) is 20.9 Å². The van der Waals surface area contributed by atoms with Gasteiger partial charge in [0.1, 0.15) is 24.4 Å². The van der Waals surface area contributed by atoms with E-state index in [1.54, 1.807) is 18.3 Å². The van der Waals surface area contributed by atoms with Crippen LogP contribution in [-0.2, 0) is 32.0 Å². The van der Waals surface area contributed by atoms with E-state index in [9.17, 15) is 24.3 Å². The number of aromatic hydroxyl groups is 1. The highest BCUT2D eigenvalue weighted by Gasteiger charge is 2.29. The summed E-state index contributed by atoms with van der Waals surface area (Å²) in [6.45, 7) is -0.203. The van der Waals surface area contributed by atoms with Gasteiger partial charge in [0.15, 0.2) is 0 Å². The molecule has 0 saturated heterocycles. The first-order chi connectivity index (χ1) is 19.2. The predicted molar refractivity (Wildman–Crippen MR) is 149 cm³/mol. The number of H-pyrrole nitrogens is 1. The molecule has 0 bridgehead atoms. The molecule has 1 aromatic heterocycles. The van der Waals surface area contributed by atoms with Gasteiger partial charge in [0.05, 0.1) is 6.04 Å². The van der Waals surface area contributed by atoms with Gasteiger partial charge in [-0.25, -0.2) is 0 Å². The second-order valence-electron chi connectivity index (χ2n) is 9.56. The van der Waals surface area contributed by atoms with Crippen LogP contribution < -0.4 is 27.4 Å². The SMILES string of the molecule is NCCCCC(NC(=O)C(N)Cc1ccc(O)cc1)C(=O)NC(Cc1c[nH]c2ccccc12)C(=O)NCC(=O)O. The molecular formula is C28H36N6O6. The van der Waals surface area contributed by atoms with Gasteiger partial charge in [-0.1, -0.05) is 30.3 Å². The van der Waals surface area contributed by atoms with Crippen molar-refractivity contribution in [2.24, 2.45) is 11.5 Å². The van der Waals surface area contributed by atoms with Crippen molar-refractivity contribution < 1.29 is 29.4 Å². The molecule has 0 aliphatic heterocycles. The molecule has 2 aromatic carbocycles. The van der Waals surface area contributed by atoms with Crippen LogP contribution in [0.25, 0.3) is 10.9 Å². The summed E-state index contributed by atoms with van der Waals surface area (Å²) >= 11 is 0. The maximum atomic E-state index is 13.4. The molecule has 3 unspecified atom stereocenters. The molecule has 0 aliphatic rings. The Kier molecular flexibility index (Phi) is 11.0. The number of fused-ring (bicyclic) bond motifs is 1. The molecule has 0 radical (unpaired) electrons. The largest absolute Gasteiger partial charge is 0.508 e. The van der Waals surface area contributed by atoms with E-state index in [4.69, 9.17) is 16.6 Å². The second kappa shape index (κ2) is 14.7. The summed E-state index contributed by atoms with van der Waals surface area (Å²) in [5.74, 6) is -2.95.